The van der Waals surface area contributed by atoms with E-state index in [-0.39, 0.29) is 32.3 Å². The van der Waals surface area contributed by atoms with Gasteiger partial charge in [0.15, 0.2) is 0 Å². The first-order chi connectivity index (χ1) is 8.74. The van der Waals surface area contributed by atoms with Crippen LogP contribution in [0.4, 0.5) is 0 Å². The summed E-state index contributed by atoms with van der Waals surface area (Å²) in [6.45, 7) is 2.04. The van der Waals surface area contributed by atoms with Crippen LogP contribution < -0.4 is 5.32 Å². The summed E-state index contributed by atoms with van der Waals surface area (Å²) in [4.78, 5) is 13.1. The first-order valence-electron chi connectivity index (χ1n) is 6.11. The van der Waals surface area contributed by atoms with Crippen molar-refractivity contribution in [2.24, 2.45) is 0 Å². The Morgan fingerprint density at radius 1 is 1.17 bits per heavy atom. The van der Waals surface area contributed by atoms with Gasteiger partial charge >= 0.3 is 0 Å². The summed E-state index contributed by atoms with van der Waals surface area (Å²) in [5.41, 5.74) is 0. The number of nitrogens with zero attached hydrogens (tertiary/aromatic N) is 1. The van der Waals surface area contributed by atoms with Crippen LogP contribution in [0.2, 0.25) is 0 Å². The molecule has 0 saturated heterocycles. The average molecular weight is 263 g/mol. The van der Waals surface area contributed by atoms with Crippen LogP contribution in [-0.2, 0) is 14.6 Å². The summed E-state index contributed by atoms with van der Waals surface area (Å²) in [5, 5.41) is 30.3. The van der Waals surface area contributed by atoms with E-state index in [2.05, 4.69) is 5.32 Å². The lowest BCUT2D eigenvalue weighted by atomic mass is 10.4. The first-order valence-corrected chi connectivity index (χ1v) is 6.11. The number of hydrogen-bond acceptors (Lipinski definition) is 5. The van der Waals surface area contributed by atoms with Gasteiger partial charge in [0.2, 0.25) is 5.91 Å². The van der Waals surface area contributed by atoms with Gasteiger partial charge in [-0.3, -0.25) is 9.69 Å². The van der Waals surface area contributed by atoms with Crippen LogP contribution in [0.15, 0.2) is 0 Å². The molecule has 0 aliphatic rings. The minimum absolute atomic E-state index is 0.0201. The Balaban J connectivity index is 3.52. The van der Waals surface area contributed by atoms with Crippen LogP contribution in [0.1, 0.15) is 6.42 Å². The molecule has 0 spiro atoms. The highest BCUT2D eigenvalue weighted by atomic mass is 16.5. The molecule has 1 radical (unpaired) electrons. The van der Waals surface area contributed by atoms with Gasteiger partial charge in [-0.15, -0.1) is 0 Å². The lowest BCUT2D eigenvalue weighted by Crippen LogP contribution is -2.38. The molecule has 0 bridgehead atoms. The standard InChI is InChI=1S/C11H23N2O5/c14-6-1-9-18-10-11(17)12-2-3-13(4-7-15)5-8-16/h15-16H,1-10H2,(H,12,17). The van der Waals surface area contributed by atoms with Crippen molar-refractivity contribution < 1.29 is 24.9 Å². The molecule has 7 heteroatoms. The third-order valence-corrected chi connectivity index (χ3v) is 2.25. The van der Waals surface area contributed by atoms with Crippen molar-refractivity contribution in [1.82, 2.24) is 10.2 Å². The normalized spacial score (nSPS) is 10.9. The van der Waals surface area contributed by atoms with Gasteiger partial charge < -0.3 is 20.3 Å². The summed E-state index contributed by atoms with van der Waals surface area (Å²) in [6, 6.07) is 0. The number of aliphatic hydroxyl groups excluding tert-OH is 2. The first kappa shape index (κ1) is 17.3. The molecule has 0 heterocycles. The van der Waals surface area contributed by atoms with Gasteiger partial charge in [0, 0.05) is 32.8 Å². The molecule has 0 saturated carbocycles. The zero-order valence-corrected chi connectivity index (χ0v) is 10.6. The van der Waals surface area contributed by atoms with E-state index in [1.165, 1.54) is 0 Å². The Labute approximate surface area is 107 Å². The van der Waals surface area contributed by atoms with Gasteiger partial charge in [-0.1, -0.05) is 0 Å². The third kappa shape index (κ3) is 10.4. The molecule has 0 aliphatic heterocycles. The van der Waals surface area contributed by atoms with Gasteiger partial charge in [-0.05, 0) is 6.42 Å². The van der Waals surface area contributed by atoms with Crippen molar-refractivity contribution in [3.05, 3.63) is 0 Å². The quantitative estimate of drug-likeness (QED) is 0.362. The van der Waals surface area contributed by atoms with E-state index in [4.69, 9.17) is 14.9 Å². The van der Waals surface area contributed by atoms with Gasteiger partial charge in [-0.2, -0.15) is 0 Å². The van der Waals surface area contributed by atoms with Crippen LogP contribution in [0.5, 0.6) is 0 Å². The molecule has 0 aromatic carbocycles. The van der Waals surface area contributed by atoms with Crippen molar-refractivity contribution in [2.45, 2.75) is 6.42 Å². The highest BCUT2D eigenvalue weighted by molar-refractivity contribution is 5.77. The summed E-state index contributed by atoms with van der Waals surface area (Å²) >= 11 is 0. The van der Waals surface area contributed by atoms with Gasteiger partial charge in [0.25, 0.3) is 0 Å². The summed E-state index contributed by atoms with van der Waals surface area (Å²) in [7, 11) is 0. The average Bonchev–Trinajstić information content (AvgIpc) is 2.35. The fourth-order valence-corrected chi connectivity index (χ4v) is 1.35. The Hall–Kier alpha value is -0.730. The largest absolute Gasteiger partial charge is 0.395 e. The maximum atomic E-state index is 11.3. The second-order valence-corrected chi connectivity index (χ2v) is 3.75. The molecule has 0 aromatic rings. The summed E-state index contributed by atoms with van der Waals surface area (Å²) in [5.74, 6) is -0.228. The van der Waals surface area contributed by atoms with E-state index in [0.717, 1.165) is 0 Å². The maximum Gasteiger partial charge on any atom is 0.246 e. The monoisotopic (exact) mass is 263 g/mol. The SMILES string of the molecule is [O]CCCOCC(=O)NCCN(CCO)CCO. The molecule has 0 fully saturated rings. The topological polar surface area (TPSA) is 102 Å². The van der Waals surface area contributed by atoms with E-state index in [9.17, 15) is 9.90 Å². The zero-order chi connectivity index (χ0) is 13.6. The Kier molecular flexibility index (Phi) is 12.2. The van der Waals surface area contributed by atoms with E-state index in [1.54, 1.807) is 0 Å². The maximum absolute atomic E-state index is 11.3. The Bertz CT molecular complexity index is 198. The number of carbonyl (C=O) groups is 1. The second kappa shape index (κ2) is 12.7. The van der Waals surface area contributed by atoms with Gasteiger partial charge in [-0.25, -0.2) is 5.11 Å². The number of amides is 1. The van der Waals surface area contributed by atoms with E-state index in [1.807, 2.05) is 4.90 Å². The van der Waals surface area contributed by atoms with E-state index in [0.29, 0.717) is 39.2 Å². The number of rotatable bonds is 12. The minimum atomic E-state index is -0.228. The van der Waals surface area contributed by atoms with Crippen molar-refractivity contribution in [3.63, 3.8) is 0 Å². The van der Waals surface area contributed by atoms with Crippen LogP contribution in [0, 0.1) is 0 Å². The van der Waals surface area contributed by atoms with Crippen LogP contribution in [0.3, 0.4) is 0 Å². The molecule has 7 nitrogen and oxygen atoms in total. The fraction of sp³-hybridized carbons (Fsp3) is 0.909. The fourth-order valence-electron chi connectivity index (χ4n) is 1.35. The second-order valence-electron chi connectivity index (χ2n) is 3.75. The molecule has 107 valence electrons. The van der Waals surface area contributed by atoms with Crippen molar-refractivity contribution in [2.75, 3.05) is 59.2 Å². The molecule has 3 N–H and O–H groups in total. The molecule has 18 heavy (non-hydrogen) atoms. The highest BCUT2D eigenvalue weighted by Crippen LogP contribution is 1.86. The van der Waals surface area contributed by atoms with E-state index >= 15 is 0 Å². The Morgan fingerprint density at radius 2 is 1.83 bits per heavy atom. The molecule has 0 aliphatic carbocycles. The number of aliphatic hydroxyl groups is 2. The minimum Gasteiger partial charge on any atom is -0.395 e. The molecular weight excluding hydrogens is 240 g/mol. The highest BCUT2D eigenvalue weighted by Gasteiger charge is 2.05. The number of carbonyl (C=O) groups excluding carboxylic acids is 1. The molecule has 0 aromatic heterocycles. The predicted octanol–water partition coefficient (Wildman–Crippen LogP) is -1.77. The zero-order valence-electron chi connectivity index (χ0n) is 10.6. The smallest absolute Gasteiger partial charge is 0.246 e. The number of nitrogens with one attached hydrogen (secondary N) is 1. The van der Waals surface area contributed by atoms with Gasteiger partial charge in [0.05, 0.1) is 19.8 Å². The molecule has 1 amide bonds. The third-order valence-electron chi connectivity index (χ3n) is 2.25. The summed E-state index contributed by atoms with van der Waals surface area (Å²) in [6.07, 6.45) is 0.411. The van der Waals surface area contributed by atoms with E-state index < -0.39 is 0 Å². The lowest BCUT2D eigenvalue weighted by molar-refractivity contribution is -0.125. The Morgan fingerprint density at radius 3 is 2.39 bits per heavy atom. The van der Waals surface area contributed by atoms with Crippen molar-refractivity contribution >= 4 is 5.91 Å². The van der Waals surface area contributed by atoms with Crippen LogP contribution in [0.25, 0.3) is 0 Å². The summed E-state index contributed by atoms with van der Waals surface area (Å²) < 4.78 is 4.98. The molecule has 0 unspecified atom stereocenters. The predicted molar refractivity (Wildman–Crippen MR) is 64.6 cm³/mol. The van der Waals surface area contributed by atoms with Crippen molar-refractivity contribution in [1.29, 1.82) is 0 Å². The number of ether oxygens (including phenoxy) is 1. The number of hydrogen-bond donors (Lipinski definition) is 3. The molecule has 0 rings (SSSR count). The lowest BCUT2D eigenvalue weighted by Gasteiger charge is -2.20. The molecule has 0 atom stereocenters. The van der Waals surface area contributed by atoms with Crippen LogP contribution >= 0.6 is 0 Å². The molecular formula is C11H23N2O5. The van der Waals surface area contributed by atoms with Gasteiger partial charge in [0.1, 0.15) is 6.61 Å². The van der Waals surface area contributed by atoms with Crippen LogP contribution in [-0.4, -0.2) is 80.2 Å². The van der Waals surface area contributed by atoms with Crippen molar-refractivity contribution in [3.8, 4) is 0 Å².